The molecule has 4 aromatic rings. The van der Waals surface area contributed by atoms with Gasteiger partial charge in [0.25, 0.3) is 11.8 Å². The zero-order valence-electron chi connectivity index (χ0n) is 17.5. The number of para-hydroxylation sites is 2. The Labute approximate surface area is 188 Å². The molecule has 1 N–H and O–H groups in total. The average molecular weight is 442 g/mol. The molecule has 5 rings (SSSR count). The van der Waals surface area contributed by atoms with Crippen LogP contribution < -0.4 is 10.1 Å². The van der Waals surface area contributed by atoms with Crippen molar-refractivity contribution in [3.8, 4) is 5.75 Å². The lowest BCUT2D eigenvalue weighted by Crippen LogP contribution is -2.32. The maximum atomic E-state index is 14.1. The van der Waals surface area contributed by atoms with Gasteiger partial charge in [0.2, 0.25) is 0 Å². The van der Waals surface area contributed by atoms with Gasteiger partial charge in [0.15, 0.2) is 6.61 Å². The third kappa shape index (κ3) is 4.36. The molecule has 0 saturated heterocycles. The summed E-state index contributed by atoms with van der Waals surface area (Å²) < 4.78 is 19.7. The van der Waals surface area contributed by atoms with Crippen molar-refractivity contribution in [1.82, 2.24) is 14.9 Å². The molecule has 0 aliphatic carbocycles. The fourth-order valence-electron chi connectivity index (χ4n) is 3.68. The van der Waals surface area contributed by atoms with E-state index in [0.29, 0.717) is 33.6 Å². The molecule has 164 valence electrons. The molecule has 7 nitrogen and oxygen atoms in total. The van der Waals surface area contributed by atoms with E-state index in [4.69, 9.17) is 4.74 Å². The Hall–Kier alpha value is -4.33. The second kappa shape index (κ2) is 8.66. The summed E-state index contributed by atoms with van der Waals surface area (Å²) in [6.45, 7) is 0.208. The Morgan fingerprint density at radius 1 is 1.06 bits per heavy atom. The number of ether oxygens (including phenoxy) is 1. The van der Waals surface area contributed by atoms with E-state index in [1.54, 1.807) is 42.5 Å². The van der Waals surface area contributed by atoms with Gasteiger partial charge in [0, 0.05) is 29.9 Å². The number of nitrogens with one attached hydrogen (secondary N) is 1. The standard InChI is InChI=1S/C25H19FN4O3/c26-19-6-2-1-5-16(19)13-30-14-17-11-18(9-10-23(17)33-15-24(30)31)28-25(32)22-12-27-20-7-3-4-8-21(20)29-22/h1-12H,13-15H2,(H,28,32). The number of fused-ring (bicyclic) bond motifs is 2. The van der Waals surface area contributed by atoms with Crippen molar-refractivity contribution in [1.29, 1.82) is 0 Å². The molecule has 1 aliphatic rings. The molecule has 0 atom stereocenters. The van der Waals surface area contributed by atoms with Gasteiger partial charge < -0.3 is 15.0 Å². The normalized spacial score (nSPS) is 13.2. The van der Waals surface area contributed by atoms with Crippen LogP contribution in [-0.4, -0.2) is 33.3 Å². The van der Waals surface area contributed by atoms with E-state index in [2.05, 4.69) is 15.3 Å². The van der Waals surface area contributed by atoms with Crippen LogP contribution in [0.2, 0.25) is 0 Å². The van der Waals surface area contributed by atoms with E-state index < -0.39 is 5.91 Å². The third-order valence-electron chi connectivity index (χ3n) is 5.38. The highest BCUT2D eigenvalue weighted by molar-refractivity contribution is 6.03. The smallest absolute Gasteiger partial charge is 0.275 e. The largest absolute Gasteiger partial charge is 0.483 e. The Bertz CT molecular complexity index is 1370. The molecule has 0 radical (unpaired) electrons. The van der Waals surface area contributed by atoms with E-state index in [0.717, 1.165) is 0 Å². The monoisotopic (exact) mass is 442 g/mol. The molecular weight excluding hydrogens is 423 g/mol. The number of nitrogens with zero attached hydrogens (tertiary/aromatic N) is 3. The van der Waals surface area contributed by atoms with Crippen LogP contribution in [0.3, 0.4) is 0 Å². The van der Waals surface area contributed by atoms with E-state index in [1.807, 2.05) is 18.2 Å². The molecule has 2 amide bonds. The number of carbonyl (C=O) groups is 2. The predicted octanol–water partition coefficient (Wildman–Crippen LogP) is 3.94. The number of hydrogen-bond acceptors (Lipinski definition) is 5. The summed E-state index contributed by atoms with van der Waals surface area (Å²) in [7, 11) is 0. The average Bonchev–Trinajstić information content (AvgIpc) is 2.98. The molecule has 8 heteroatoms. The van der Waals surface area contributed by atoms with Crippen LogP contribution in [0.5, 0.6) is 5.75 Å². The highest BCUT2D eigenvalue weighted by atomic mass is 19.1. The van der Waals surface area contributed by atoms with Crippen molar-refractivity contribution in [2.24, 2.45) is 0 Å². The van der Waals surface area contributed by atoms with Gasteiger partial charge in [-0.05, 0) is 36.4 Å². The Morgan fingerprint density at radius 3 is 2.70 bits per heavy atom. The van der Waals surface area contributed by atoms with Crippen LogP contribution in [0.15, 0.2) is 72.9 Å². The molecule has 1 aliphatic heterocycles. The lowest BCUT2D eigenvalue weighted by Gasteiger charge is -2.20. The second-order valence-corrected chi connectivity index (χ2v) is 7.65. The molecule has 0 spiro atoms. The maximum Gasteiger partial charge on any atom is 0.275 e. The predicted molar refractivity (Wildman–Crippen MR) is 120 cm³/mol. The van der Waals surface area contributed by atoms with Gasteiger partial charge in [-0.3, -0.25) is 14.6 Å². The molecule has 3 aromatic carbocycles. The van der Waals surface area contributed by atoms with Crippen LogP contribution in [-0.2, 0) is 17.9 Å². The summed E-state index contributed by atoms with van der Waals surface area (Å²) in [4.78, 5) is 35.5. The zero-order valence-corrected chi connectivity index (χ0v) is 17.5. The van der Waals surface area contributed by atoms with Crippen molar-refractivity contribution in [3.63, 3.8) is 0 Å². The summed E-state index contributed by atoms with van der Waals surface area (Å²) in [5, 5.41) is 2.82. The zero-order chi connectivity index (χ0) is 22.8. The van der Waals surface area contributed by atoms with Gasteiger partial charge in [-0.15, -0.1) is 0 Å². The quantitative estimate of drug-likeness (QED) is 0.518. The minimum Gasteiger partial charge on any atom is -0.483 e. The van der Waals surface area contributed by atoms with E-state index in [1.165, 1.54) is 17.2 Å². The Morgan fingerprint density at radius 2 is 1.85 bits per heavy atom. The first-order valence-electron chi connectivity index (χ1n) is 10.4. The SMILES string of the molecule is O=C(Nc1ccc2c(c1)CN(Cc1ccccc1F)C(=O)CO2)c1cnc2ccccc2n1. The first-order chi connectivity index (χ1) is 16.1. The van der Waals surface area contributed by atoms with Gasteiger partial charge in [0.1, 0.15) is 17.3 Å². The number of carbonyl (C=O) groups excluding carboxylic acids is 2. The summed E-state index contributed by atoms with van der Waals surface area (Å²) in [6.07, 6.45) is 1.43. The van der Waals surface area contributed by atoms with Crippen LogP contribution in [0, 0.1) is 5.82 Å². The van der Waals surface area contributed by atoms with Gasteiger partial charge in [-0.1, -0.05) is 30.3 Å². The molecule has 0 fully saturated rings. The minimum atomic E-state index is -0.401. The molecule has 2 heterocycles. The molecular formula is C25H19FN4O3. The summed E-state index contributed by atoms with van der Waals surface area (Å²) in [6, 6.07) is 18.8. The fourth-order valence-corrected chi connectivity index (χ4v) is 3.68. The summed E-state index contributed by atoms with van der Waals surface area (Å²) >= 11 is 0. The van der Waals surface area contributed by atoms with Gasteiger partial charge in [-0.25, -0.2) is 9.37 Å². The third-order valence-corrected chi connectivity index (χ3v) is 5.38. The van der Waals surface area contributed by atoms with Crippen LogP contribution in [0.25, 0.3) is 11.0 Å². The number of aromatic nitrogens is 2. The molecule has 33 heavy (non-hydrogen) atoms. The van der Waals surface area contributed by atoms with E-state index >= 15 is 0 Å². The van der Waals surface area contributed by atoms with Crippen LogP contribution in [0.1, 0.15) is 21.6 Å². The molecule has 0 saturated carbocycles. The fraction of sp³-hybridized carbons (Fsp3) is 0.120. The van der Waals surface area contributed by atoms with Gasteiger partial charge in [-0.2, -0.15) is 0 Å². The minimum absolute atomic E-state index is 0.123. The van der Waals surface area contributed by atoms with E-state index in [9.17, 15) is 14.0 Å². The molecule has 1 aromatic heterocycles. The lowest BCUT2D eigenvalue weighted by atomic mass is 10.1. The van der Waals surface area contributed by atoms with Crippen molar-refractivity contribution in [2.45, 2.75) is 13.1 Å². The number of amides is 2. The lowest BCUT2D eigenvalue weighted by molar-refractivity contribution is -0.133. The van der Waals surface area contributed by atoms with Gasteiger partial charge >= 0.3 is 0 Å². The van der Waals surface area contributed by atoms with Crippen molar-refractivity contribution >= 4 is 28.5 Å². The number of halogens is 1. The highest BCUT2D eigenvalue weighted by Crippen LogP contribution is 2.28. The first kappa shape index (κ1) is 20.6. The van der Waals surface area contributed by atoms with Crippen molar-refractivity contribution < 1.29 is 18.7 Å². The number of anilines is 1. The van der Waals surface area contributed by atoms with Crippen molar-refractivity contribution in [3.05, 3.63) is 95.6 Å². The summed E-state index contributed by atoms with van der Waals surface area (Å²) in [5.74, 6) is -0.468. The molecule has 0 bridgehead atoms. The van der Waals surface area contributed by atoms with Crippen LogP contribution >= 0.6 is 0 Å². The summed E-state index contributed by atoms with van der Waals surface area (Å²) in [5.41, 5.74) is 3.18. The number of benzene rings is 3. The van der Waals surface area contributed by atoms with Gasteiger partial charge in [0.05, 0.1) is 17.2 Å². The van der Waals surface area contributed by atoms with Crippen molar-refractivity contribution in [2.75, 3.05) is 11.9 Å². The van der Waals surface area contributed by atoms with E-state index in [-0.39, 0.29) is 37.1 Å². The number of rotatable bonds is 4. The highest BCUT2D eigenvalue weighted by Gasteiger charge is 2.23. The second-order valence-electron chi connectivity index (χ2n) is 7.65. The molecule has 0 unspecified atom stereocenters. The Kier molecular flexibility index (Phi) is 5.40. The van der Waals surface area contributed by atoms with Crippen LogP contribution in [0.4, 0.5) is 10.1 Å². The number of hydrogen-bond donors (Lipinski definition) is 1. The maximum absolute atomic E-state index is 14.1. The topological polar surface area (TPSA) is 84.4 Å². The Balaban J connectivity index is 1.36. The first-order valence-corrected chi connectivity index (χ1v) is 10.4.